The van der Waals surface area contributed by atoms with Gasteiger partial charge in [0.2, 0.25) is 0 Å². The van der Waals surface area contributed by atoms with E-state index in [1.165, 1.54) is 0 Å². The van der Waals surface area contributed by atoms with Gasteiger partial charge in [-0.05, 0) is 38.0 Å². The van der Waals surface area contributed by atoms with E-state index in [4.69, 9.17) is 27.9 Å². The van der Waals surface area contributed by atoms with E-state index in [1.807, 2.05) is 13.8 Å². The lowest BCUT2D eigenvalue weighted by atomic mass is 9.80. The molecule has 4 heteroatoms. The van der Waals surface area contributed by atoms with Crippen molar-refractivity contribution in [3.63, 3.8) is 0 Å². The summed E-state index contributed by atoms with van der Waals surface area (Å²) in [5, 5.41) is 1.05. The SMILES string of the molecule is CCOC(=O)C(C)(CC)c1ccc(Cl)cc1Cl. The molecule has 0 aliphatic rings. The van der Waals surface area contributed by atoms with Gasteiger partial charge in [0.25, 0.3) is 0 Å². The minimum atomic E-state index is -0.725. The van der Waals surface area contributed by atoms with Gasteiger partial charge in [-0.15, -0.1) is 0 Å². The lowest BCUT2D eigenvalue weighted by Crippen LogP contribution is -2.34. The Hall–Kier alpha value is -0.730. The summed E-state index contributed by atoms with van der Waals surface area (Å²) in [6, 6.07) is 5.16. The third-order valence-corrected chi connectivity index (χ3v) is 3.51. The molecule has 17 heavy (non-hydrogen) atoms. The van der Waals surface area contributed by atoms with E-state index in [-0.39, 0.29) is 5.97 Å². The van der Waals surface area contributed by atoms with Gasteiger partial charge < -0.3 is 4.74 Å². The van der Waals surface area contributed by atoms with Crippen molar-refractivity contribution in [2.75, 3.05) is 6.61 Å². The second-order valence-corrected chi connectivity index (χ2v) is 4.87. The van der Waals surface area contributed by atoms with E-state index in [2.05, 4.69) is 0 Å². The lowest BCUT2D eigenvalue weighted by molar-refractivity contribution is -0.149. The van der Waals surface area contributed by atoms with Gasteiger partial charge in [0.15, 0.2) is 0 Å². The molecule has 1 atom stereocenters. The van der Waals surface area contributed by atoms with Crippen LogP contribution in [0, 0.1) is 0 Å². The highest BCUT2D eigenvalue weighted by molar-refractivity contribution is 6.35. The maximum Gasteiger partial charge on any atom is 0.316 e. The summed E-state index contributed by atoms with van der Waals surface area (Å²) in [4.78, 5) is 12.0. The van der Waals surface area contributed by atoms with Crippen LogP contribution in [0.1, 0.15) is 32.8 Å². The van der Waals surface area contributed by atoms with Gasteiger partial charge in [-0.2, -0.15) is 0 Å². The molecule has 2 nitrogen and oxygen atoms in total. The molecule has 0 aliphatic heterocycles. The monoisotopic (exact) mass is 274 g/mol. The summed E-state index contributed by atoms with van der Waals surface area (Å²) >= 11 is 12.0. The van der Waals surface area contributed by atoms with Crippen LogP contribution in [0.15, 0.2) is 18.2 Å². The predicted molar refractivity (Wildman–Crippen MR) is 70.7 cm³/mol. The number of hydrogen-bond donors (Lipinski definition) is 0. The number of carbonyl (C=O) groups excluding carboxylic acids is 1. The number of ether oxygens (including phenoxy) is 1. The van der Waals surface area contributed by atoms with Crippen molar-refractivity contribution in [1.29, 1.82) is 0 Å². The van der Waals surface area contributed by atoms with Gasteiger partial charge in [0.05, 0.1) is 12.0 Å². The Bertz CT molecular complexity index is 418. The van der Waals surface area contributed by atoms with Crippen molar-refractivity contribution in [3.05, 3.63) is 33.8 Å². The Morgan fingerprint density at radius 2 is 2.00 bits per heavy atom. The number of rotatable bonds is 4. The Morgan fingerprint density at radius 3 is 2.47 bits per heavy atom. The summed E-state index contributed by atoms with van der Waals surface area (Å²) in [5.74, 6) is -0.258. The van der Waals surface area contributed by atoms with Gasteiger partial charge in [0.1, 0.15) is 0 Å². The standard InChI is InChI=1S/C13H16Cl2O2/c1-4-13(3,12(16)17-5-2)10-7-6-9(14)8-11(10)15/h6-8H,4-5H2,1-3H3. The first-order valence-corrected chi connectivity index (χ1v) is 6.34. The molecule has 0 aliphatic carbocycles. The molecule has 0 aromatic heterocycles. The number of halogens is 2. The molecule has 0 bridgehead atoms. The van der Waals surface area contributed by atoms with Crippen LogP contribution in [0.2, 0.25) is 10.0 Å². The van der Waals surface area contributed by atoms with Crippen molar-refractivity contribution in [3.8, 4) is 0 Å². The van der Waals surface area contributed by atoms with Crippen LogP contribution in [-0.2, 0) is 14.9 Å². The fourth-order valence-electron chi connectivity index (χ4n) is 1.67. The van der Waals surface area contributed by atoms with E-state index in [1.54, 1.807) is 25.1 Å². The molecule has 1 rings (SSSR count). The van der Waals surface area contributed by atoms with Crippen LogP contribution in [0.3, 0.4) is 0 Å². The molecule has 0 radical (unpaired) electrons. The molecule has 94 valence electrons. The highest BCUT2D eigenvalue weighted by Gasteiger charge is 2.36. The van der Waals surface area contributed by atoms with Gasteiger partial charge in [-0.1, -0.05) is 36.2 Å². The van der Waals surface area contributed by atoms with Gasteiger partial charge >= 0.3 is 5.97 Å². The van der Waals surface area contributed by atoms with Crippen LogP contribution in [0.5, 0.6) is 0 Å². The highest BCUT2D eigenvalue weighted by Crippen LogP contribution is 2.35. The minimum Gasteiger partial charge on any atom is -0.465 e. The highest BCUT2D eigenvalue weighted by atomic mass is 35.5. The van der Waals surface area contributed by atoms with E-state index >= 15 is 0 Å². The third-order valence-electron chi connectivity index (χ3n) is 2.96. The van der Waals surface area contributed by atoms with Crippen molar-refractivity contribution < 1.29 is 9.53 Å². The topological polar surface area (TPSA) is 26.3 Å². The molecule has 0 saturated carbocycles. The van der Waals surface area contributed by atoms with Crippen molar-refractivity contribution in [2.45, 2.75) is 32.6 Å². The summed E-state index contributed by atoms with van der Waals surface area (Å²) in [5.41, 5.74) is 0.0297. The zero-order valence-corrected chi connectivity index (χ0v) is 11.7. The summed E-state index contributed by atoms with van der Waals surface area (Å²) in [6.07, 6.45) is 0.618. The fourth-order valence-corrected chi connectivity index (χ4v) is 2.29. The van der Waals surface area contributed by atoms with Gasteiger partial charge in [0, 0.05) is 10.0 Å². The largest absolute Gasteiger partial charge is 0.465 e. The van der Waals surface area contributed by atoms with Crippen molar-refractivity contribution in [2.24, 2.45) is 0 Å². The molecule has 0 amide bonds. The van der Waals surface area contributed by atoms with Crippen LogP contribution in [0.25, 0.3) is 0 Å². The van der Waals surface area contributed by atoms with E-state index in [0.29, 0.717) is 23.1 Å². The Balaban J connectivity index is 3.20. The number of carbonyl (C=O) groups is 1. The summed E-state index contributed by atoms with van der Waals surface area (Å²) < 4.78 is 5.11. The normalized spacial score (nSPS) is 14.2. The molecule has 0 spiro atoms. The quantitative estimate of drug-likeness (QED) is 0.769. The zero-order valence-electron chi connectivity index (χ0n) is 10.2. The van der Waals surface area contributed by atoms with E-state index in [0.717, 1.165) is 5.56 Å². The molecule has 0 heterocycles. The Morgan fingerprint density at radius 1 is 1.35 bits per heavy atom. The molecule has 1 unspecified atom stereocenters. The Kier molecular flexibility index (Phi) is 4.84. The predicted octanol–water partition coefficient (Wildman–Crippen LogP) is 4.22. The molecule has 0 saturated heterocycles. The van der Waals surface area contributed by atoms with Crippen LogP contribution in [0.4, 0.5) is 0 Å². The summed E-state index contributed by atoms with van der Waals surface area (Å²) in [6.45, 7) is 5.92. The first-order chi connectivity index (χ1) is 7.95. The first-order valence-electron chi connectivity index (χ1n) is 5.58. The molecule has 0 fully saturated rings. The maximum atomic E-state index is 12.0. The van der Waals surface area contributed by atoms with Crippen LogP contribution in [-0.4, -0.2) is 12.6 Å². The molecule has 1 aromatic carbocycles. The molecular formula is C13H16Cl2O2. The second kappa shape index (κ2) is 5.74. The fraction of sp³-hybridized carbons (Fsp3) is 0.462. The zero-order chi connectivity index (χ0) is 13.1. The van der Waals surface area contributed by atoms with Crippen molar-refractivity contribution >= 4 is 29.2 Å². The van der Waals surface area contributed by atoms with Crippen LogP contribution < -0.4 is 0 Å². The summed E-state index contributed by atoms with van der Waals surface area (Å²) in [7, 11) is 0. The van der Waals surface area contributed by atoms with E-state index in [9.17, 15) is 4.79 Å². The maximum absolute atomic E-state index is 12.0. The second-order valence-electron chi connectivity index (χ2n) is 4.03. The number of esters is 1. The molecule has 1 aromatic rings. The van der Waals surface area contributed by atoms with E-state index < -0.39 is 5.41 Å². The van der Waals surface area contributed by atoms with Crippen molar-refractivity contribution in [1.82, 2.24) is 0 Å². The lowest BCUT2D eigenvalue weighted by Gasteiger charge is -2.27. The smallest absolute Gasteiger partial charge is 0.316 e. The third kappa shape index (κ3) is 2.93. The minimum absolute atomic E-state index is 0.258. The molecule has 0 N–H and O–H groups in total. The van der Waals surface area contributed by atoms with Gasteiger partial charge in [-0.25, -0.2) is 0 Å². The average molecular weight is 275 g/mol. The van der Waals surface area contributed by atoms with Gasteiger partial charge in [-0.3, -0.25) is 4.79 Å². The average Bonchev–Trinajstić information content (AvgIpc) is 2.28. The Labute approximate surface area is 112 Å². The van der Waals surface area contributed by atoms with Crippen LogP contribution >= 0.6 is 23.2 Å². The first kappa shape index (κ1) is 14.3. The number of benzene rings is 1. The molecular weight excluding hydrogens is 259 g/mol. The number of hydrogen-bond acceptors (Lipinski definition) is 2.